The maximum atomic E-state index is 14.1. The molecular formula is C24H29FN4O4S. The number of carbonyl (C=O) groups is 1. The Morgan fingerprint density at radius 2 is 2.09 bits per heavy atom. The van der Waals surface area contributed by atoms with E-state index in [4.69, 9.17) is 26.4 Å². The topological polar surface area (TPSA) is 93.7 Å². The van der Waals surface area contributed by atoms with Gasteiger partial charge in [0.15, 0.2) is 11.6 Å². The molecule has 0 bridgehead atoms. The molecule has 0 aliphatic carbocycles. The predicted octanol–water partition coefficient (Wildman–Crippen LogP) is 3.34. The molecule has 1 aliphatic rings. The maximum Gasteiger partial charge on any atom is 0.256 e. The van der Waals surface area contributed by atoms with E-state index < -0.39 is 11.4 Å². The Bertz CT molecular complexity index is 1090. The van der Waals surface area contributed by atoms with Gasteiger partial charge in [0.1, 0.15) is 17.3 Å². The first-order chi connectivity index (χ1) is 16.3. The second kappa shape index (κ2) is 11.3. The van der Waals surface area contributed by atoms with Crippen molar-refractivity contribution in [3.63, 3.8) is 0 Å². The minimum absolute atomic E-state index is 0.0220. The summed E-state index contributed by atoms with van der Waals surface area (Å²) in [5.74, 6) is -0.200. The fraction of sp³-hybridized carbons (Fsp3) is 0.375. The van der Waals surface area contributed by atoms with Crippen LogP contribution in [0.4, 0.5) is 10.1 Å². The summed E-state index contributed by atoms with van der Waals surface area (Å²) in [6.45, 7) is 5.07. The molecule has 0 fully saturated rings. The van der Waals surface area contributed by atoms with E-state index in [0.717, 1.165) is 5.56 Å². The maximum absolute atomic E-state index is 14.1. The standard InChI is InChI=1S/C24H29FN4O4S/c1-24(2,32-4)14-33-19-13-26-10-8-15(19)12-28-17-9-11-27-22(30)20(17)23(34)29-18-7-5-6-16(25)21(18)31-3/h5-8,10,13,28H,9,11-12,14H2,1-4H3,(H,27,30)(H,29,34). The number of nitrogens with zero attached hydrogens (tertiary/aromatic N) is 1. The normalized spacial score (nSPS) is 13.9. The number of aromatic nitrogens is 1. The van der Waals surface area contributed by atoms with Gasteiger partial charge in [-0.05, 0) is 32.0 Å². The Hall–Kier alpha value is -3.24. The number of anilines is 1. The molecule has 0 atom stereocenters. The van der Waals surface area contributed by atoms with E-state index in [1.165, 1.54) is 19.2 Å². The number of para-hydroxylation sites is 1. The average Bonchev–Trinajstić information content (AvgIpc) is 2.82. The molecule has 2 heterocycles. The number of hydrogen-bond donors (Lipinski definition) is 3. The summed E-state index contributed by atoms with van der Waals surface area (Å²) in [6.07, 6.45) is 3.88. The molecule has 0 saturated carbocycles. The summed E-state index contributed by atoms with van der Waals surface area (Å²) in [5, 5.41) is 9.07. The minimum Gasteiger partial charge on any atom is -0.492 e. The van der Waals surface area contributed by atoms with E-state index in [0.29, 0.717) is 48.8 Å². The molecular weight excluding hydrogens is 459 g/mol. The molecule has 34 heavy (non-hydrogen) atoms. The van der Waals surface area contributed by atoms with Crippen LogP contribution in [-0.4, -0.2) is 48.9 Å². The molecule has 0 saturated heterocycles. The number of benzene rings is 1. The molecule has 0 unspecified atom stereocenters. The number of carbonyl (C=O) groups excluding carboxylic acids is 1. The SMILES string of the molecule is COc1c(F)cccc1NC(=S)C1=C(NCc2ccncc2OCC(C)(C)OC)CCNC1=O. The van der Waals surface area contributed by atoms with Crippen molar-refractivity contribution in [3.05, 3.63) is 59.3 Å². The number of thiocarbonyl (C=S) groups is 1. The van der Waals surface area contributed by atoms with Crippen LogP contribution in [0, 0.1) is 5.82 Å². The fourth-order valence-corrected chi connectivity index (χ4v) is 3.59. The Morgan fingerprint density at radius 1 is 1.29 bits per heavy atom. The highest BCUT2D eigenvalue weighted by Crippen LogP contribution is 2.28. The summed E-state index contributed by atoms with van der Waals surface area (Å²) in [7, 11) is 3.00. The second-order valence-electron chi connectivity index (χ2n) is 8.22. The van der Waals surface area contributed by atoms with Gasteiger partial charge in [-0.1, -0.05) is 18.3 Å². The Kier molecular flexibility index (Phi) is 8.41. The first-order valence-electron chi connectivity index (χ1n) is 10.8. The summed E-state index contributed by atoms with van der Waals surface area (Å²) in [5.41, 5.74) is 1.72. The number of pyridine rings is 1. The van der Waals surface area contributed by atoms with Crippen molar-refractivity contribution < 1.29 is 23.4 Å². The third-order valence-corrected chi connectivity index (χ3v) is 5.63. The largest absolute Gasteiger partial charge is 0.492 e. The molecule has 1 aliphatic heterocycles. The fourth-order valence-electron chi connectivity index (χ4n) is 3.27. The van der Waals surface area contributed by atoms with Crippen LogP contribution < -0.4 is 25.4 Å². The van der Waals surface area contributed by atoms with Gasteiger partial charge in [0.25, 0.3) is 5.91 Å². The number of nitrogens with one attached hydrogen (secondary N) is 3. The highest BCUT2D eigenvalue weighted by Gasteiger charge is 2.25. The van der Waals surface area contributed by atoms with Crippen molar-refractivity contribution in [3.8, 4) is 11.5 Å². The molecule has 3 rings (SSSR count). The third-order valence-electron chi connectivity index (χ3n) is 5.33. The molecule has 8 nitrogen and oxygen atoms in total. The van der Waals surface area contributed by atoms with E-state index in [2.05, 4.69) is 20.9 Å². The van der Waals surface area contributed by atoms with Crippen LogP contribution >= 0.6 is 12.2 Å². The van der Waals surface area contributed by atoms with E-state index >= 15 is 0 Å². The lowest BCUT2D eigenvalue weighted by Gasteiger charge is -2.25. The van der Waals surface area contributed by atoms with Crippen LogP contribution in [0.5, 0.6) is 11.5 Å². The smallest absolute Gasteiger partial charge is 0.256 e. The number of halogens is 1. The summed E-state index contributed by atoms with van der Waals surface area (Å²) in [6, 6.07) is 6.30. The van der Waals surface area contributed by atoms with Crippen LogP contribution in [0.25, 0.3) is 0 Å². The minimum atomic E-state index is -0.530. The van der Waals surface area contributed by atoms with Crippen molar-refractivity contribution in [1.29, 1.82) is 0 Å². The van der Waals surface area contributed by atoms with Crippen molar-refractivity contribution in [2.45, 2.75) is 32.4 Å². The van der Waals surface area contributed by atoms with Gasteiger partial charge in [0, 0.05) is 44.1 Å². The number of rotatable bonds is 10. The summed E-state index contributed by atoms with van der Waals surface area (Å²) >= 11 is 5.52. The zero-order chi connectivity index (χ0) is 24.7. The van der Waals surface area contributed by atoms with Gasteiger partial charge < -0.3 is 30.2 Å². The number of methoxy groups -OCH3 is 2. The summed E-state index contributed by atoms with van der Waals surface area (Å²) in [4.78, 5) is 17.0. The summed E-state index contributed by atoms with van der Waals surface area (Å²) < 4.78 is 30.5. The van der Waals surface area contributed by atoms with E-state index in [9.17, 15) is 9.18 Å². The molecule has 1 aromatic heterocycles. The van der Waals surface area contributed by atoms with Crippen LogP contribution in [0.15, 0.2) is 47.9 Å². The van der Waals surface area contributed by atoms with Crippen molar-refractivity contribution >= 4 is 28.8 Å². The van der Waals surface area contributed by atoms with E-state index in [1.54, 1.807) is 25.6 Å². The van der Waals surface area contributed by atoms with Gasteiger partial charge in [0.05, 0.1) is 30.2 Å². The highest BCUT2D eigenvalue weighted by molar-refractivity contribution is 7.81. The van der Waals surface area contributed by atoms with Gasteiger partial charge in [0.2, 0.25) is 0 Å². The number of amides is 1. The highest BCUT2D eigenvalue weighted by atomic mass is 32.1. The van der Waals surface area contributed by atoms with Gasteiger partial charge in [-0.2, -0.15) is 0 Å². The van der Waals surface area contributed by atoms with Crippen molar-refractivity contribution in [1.82, 2.24) is 15.6 Å². The molecule has 3 N–H and O–H groups in total. The molecule has 0 radical (unpaired) electrons. The van der Waals surface area contributed by atoms with Crippen molar-refractivity contribution in [2.75, 3.05) is 32.7 Å². The van der Waals surface area contributed by atoms with E-state index in [1.807, 2.05) is 19.9 Å². The van der Waals surface area contributed by atoms with Crippen LogP contribution in [0.1, 0.15) is 25.8 Å². The molecule has 0 spiro atoms. The lowest BCUT2D eigenvalue weighted by atomic mass is 10.1. The van der Waals surface area contributed by atoms with Gasteiger partial charge >= 0.3 is 0 Å². The van der Waals surface area contributed by atoms with Crippen LogP contribution in [0.2, 0.25) is 0 Å². The second-order valence-corrected chi connectivity index (χ2v) is 8.63. The van der Waals surface area contributed by atoms with Gasteiger partial charge in [-0.25, -0.2) is 4.39 Å². The monoisotopic (exact) mass is 488 g/mol. The van der Waals surface area contributed by atoms with Crippen molar-refractivity contribution in [2.24, 2.45) is 0 Å². The lowest BCUT2D eigenvalue weighted by Crippen LogP contribution is -2.39. The number of ether oxygens (including phenoxy) is 3. The Labute approximate surface area is 203 Å². The van der Waals surface area contributed by atoms with Crippen LogP contribution in [0.3, 0.4) is 0 Å². The number of hydrogen-bond acceptors (Lipinski definition) is 7. The molecule has 182 valence electrons. The zero-order valence-corrected chi connectivity index (χ0v) is 20.5. The molecule has 2 aromatic rings. The lowest BCUT2D eigenvalue weighted by molar-refractivity contribution is -0.117. The van der Waals surface area contributed by atoms with Crippen LogP contribution in [-0.2, 0) is 16.1 Å². The van der Waals surface area contributed by atoms with E-state index in [-0.39, 0.29) is 16.6 Å². The first kappa shape index (κ1) is 25.4. The third kappa shape index (κ3) is 6.21. The average molecular weight is 489 g/mol. The molecule has 10 heteroatoms. The quantitative estimate of drug-likeness (QED) is 0.439. The Balaban J connectivity index is 1.80. The zero-order valence-electron chi connectivity index (χ0n) is 19.7. The Morgan fingerprint density at radius 3 is 2.82 bits per heavy atom. The van der Waals surface area contributed by atoms with Gasteiger partial charge in [-0.15, -0.1) is 0 Å². The molecule has 1 amide bonds. The molecule has 1 aromatic carbocycles. The first-order valence-corrected chi connectivity index (χ1v) is 11.2. The van der Waals surface area contributed by atoms with Gasteiger partial charge in [-0.3, -0.25) is 9.78 Å². The predicted molar refractivity (Wildman–Crippen MR) is 131 cm³/mol.